The average Bonchev–Trinajstić information content (AvgIpc) is 2.96. The lowest BCUT2D eigenvalue weighted by Crippen LogP contribution is -2.51. The molecule has 1 atom stereocenters. The Morgan fingerprint density at radius 3 is 2.15 bits per heavy atom. The van der Waals surface area contributed by atoms with E-state index in [0.717, 1.165) is 9.87 Å². The fourth-order valence-electron chi connectivity index (χ4n) is 4.10. The molecule has 0 saturated heterocycles. The molecular formula is C28H32ClN3O6S. The number of nitrogens with zero attached hydrogens (tertiary/aromatic N) is 2. The number of anilines is 1. The summed E-state index contributed by atoms with van der Waals surface area (Å²) in [5.41, 5.74) is 0.933. The highest BCUT2D eigenvalue weighted by Gasteiger charge is 2.33. The maximum Gasteiger partial charge on any atom is 0.264 e. The summed E-state index contributed by atoms with van der Waals surface area (Å²) in [4.78, 5) is 28.1. The normalized spacial score (nSPS) is 11.8. The Morgan fingerprint density at radius 1 is 0.949 bits per heavy atom. The number of carbonyl (C=O) groups is 2. The number of nitrogens with one attached hydrogen (secondary N) is 1. The van der Waals surface area contributed by atoms with Crippen LogP contribution in [-0.2, 0) is 26.2 Å². The molecule has 3 aromatic rings. The second-order valence-corrected chi connectivity index (χ2v) is 10.8. The molecule has 2 amide bonds. The van der Waals surface area contributed by atoms with E-state index < -0.39 is 28.5 Å². The number of amides is 2. The zero-order valence-electron chi connectivity index (χ0n) is 22.3. The van der Waals surface area contributed by atoms with Crippen molar-refractivity contribution in [3.05, 3.63) is 83.4 Å². The predicted molar refractivity (Wildman–Crippen MR) is 151 cm³/mol. The van der Waals surface area contributed by atoms with Crippen molar-refractivity contribution >= 4 is 39.1 Å². The molecule has 0 aliphatic rings. The number of ether oxygens (including phenoxy) is 2. The summed E-state index contributed by atoms with van der Waals surface area (Å²) < 4.78 is 39.4. The van der Waals surface area contributed by atoms with Gasteiger partial charge >= 0.3 is 0 Å². The van der Waals surface area contributed by atoms with Gasteiger partial charge in [-0.15, -0.1) is 0 Å². The highest BCUT2D eigenvalue weighted by Crippen LogP contribution is 2.34. The summed E-state index contributed by atoms with van der Waals surface area (Å²) in [5.74, 6) is -0.219. The van der Waals surface area contributed by atoms with Crippen molar-refractivity contribution in [3.63, 3.8) is 0 Å². The predicted octanol–water partition coefficient (Wildman–Crippen LogP) is 4.11. The summed E-state index contributed by atoms with van der Waals surface area (Å²) in [6.45, 7) is 1.30. The number of carbonyl (C=O) groups excluding carboxylic acids is 2. The van der Waals surface area contributed by atoms with Gasteiger partial charge in [0.1, 0.15) is 12.6 Å². The lowest BCUT2D eigenvalue weighted by atomic mass is 10.1. The van der Waals surface area contributed by atoms with Crippen LogP contribution in [0.1, 0.15) is 18.9 Å². The van der Waals surface area contributed by atoms with E-state index in [0.29, 0.717) is 22.9 Å². The first-order chi connectivity index (χ1) is 18.7. The fraction of sp³-hybridized carbons (Fsp3) is 0.286. The minimum Gasteiger partial charge on any atom is -0.493 e. The van der Waals surface area contributed by atoms with Crippen molar-refractivity contribution in [3.8, 4) is 11.5 Å². The third-order valence-corrected chi connectivity index (χ3v) is 8.20. The van der Waals surface area contributed by atoms with Gasteiger partial charge in [0.15, 0.2) is 11.5 Å². The molecule has 0 bridgehead atoms. The van der Waals surface area contributed by atoms with Gasteiger partial charge < -0.3 is 19.7 Å². The van der Waals surface area contributed by atoms with Gasteiger partial charge in [0.2, 0.25) is 11.8 Å². The minimum absolute atomic E-state index is 0.00942. The van der Waals surface area contributed by atoms with Crippen LogP contribution in [0.5, 0.6) is 11.5 Å². The number of hydrogen-bond donors (Lipinski definition) is 1. The van der Waals surface area contributed by atoms with E-state index in [4.69, 9.17) is 21.1 Å². The van der Waals surface area contributed by atoms with Gasteiger partial charge in [-0.1, -0.05) is 48.9 Å². The first kappa shape index (κ1) is 29.8. The van der Waals surface area contributed by atoms with Gasteiger partial charge in [-0.2, -0.15) is 0 Å². The molecule has 0 aromatic heterocycles. The highest BCUT2D eigenvalue weighted by atomic mass is 35.5. The number of benzene rings is 3. The number of halogens is 1. The van der Waals surface area contributed by atoms with Crippen molar-refractivity contribution < 1.29 is 27.5 Å². The molecule has 0 radical (unpaired) electrons. The Bertz CT molecular complexity index is 1380. The van der Waals surface area contributed by atoms with E-state index >= 15 is 0 Å². The first-order valence-corrected chi connectivity index (χ1v) is 14.0. The fourth-order valence-corrected chi connectivity index (χ4v) is 5.65. The van der Waals surface area contributed by atoms with Crippen molar-refractivity contribution in [1.29, 1.82) is 0 Å². The zero-order valence-corrected chi connectivity index (χ0v) is 23.8. The molecule has 3 aromatic carbocycles. The summed E-state index contributed by atoms with van der Waals surface area (Å²) in [6.07, 6.45) is 0.320. The molecule has 0 aliphatic heterocycles. The van der Waals surface area contributed by atoms with E-state index in [1.165, 1.54) is 50.4 Å². The quantitative estimate of drug-likeness (QED) is 0.350. The molecule has 0 aliphatic carbocycles. The summed E-state index contributed by atoms with van der Waals surface area (Å²) in [5, 5.41) is 3.13. The van der Waals surface area contributed by atoms with Gasteiger partial charge in [0, 0.05) is 24.7 Å². The van der Waals surface area contributed by atoms with Crippen molar-refractivity contribution in [1.82, 2.24) is 10.2 Å². The maximum absolute atomic E-state index is 13.9. The largest absolute Gasteiger partial charge is 0.493 e. The minimum atomic E-state index is -4.19. The third kappa shape index (κ3) is 7.01. The van der Waals surface area contributed by atoms with Crippen LogP contribution in [0.25, 0.3) is 0 Å². The second-order valence-electron chi connectivity index (χ2n) is 8.55. The molecule has 39 heavy (non-hydrogen) atoms. The first-order valence-electron chi connectivity index (χ1n) is 12.2. The number of rotatable bonds is 12. The summed E-state index contributed by atoms with van der Waals surface area (Å²) in [7, 11) is 0.206. The second kappa shape index (κ2) is 13.3. The van der Waals surface area contributed by atoms with Crippen molar-refractivity contribution in [2.75, 3.05) is 32.1 Å². The Hall–Kier alpha value is -3.76. The number of methoxy groups -OCH3 is 2. The van der Waals surface area contributed by atoms with Crippen molar-refractivity contribution in [2.24, 2.45) is 0 Å². The number of likely N-dealkylation sites (N-methyl/N-ethyl adjacent to an activating group) is 1. The molecular weight excluding hydrogens is 542 g/mol. The summed E-state index contributed by atoms with van der Waals surface area (Å²) >= 11 is 6.03. The van der Waals surface area contributed by atoms with Gasteiger partial charge in [0.25, 0.3) is 10.0 Å². The van der Waals surface area contributed by atoms with Crippen LogP contribution in [0, 0.1) is 0 Å². The van der Waals surface area contributed by atoms with Crippen LogP contribution in [0.4, 0.5) is 5.69 Å². The van der Waals surface area contributed by atoms with E-state index in [9.17, 15) is 18.0 Å². The standard InChI is InChI=1S/C28H32ClN3O6S/c1-5-24(28(34)30-2)31(18-20-11-13-21(29)14-12-20)27(33)19-32(39(35,36)23-9-7-6-8-10-23)22-15-16-25(37-3)26(17-22)38-4/h6-17,24H,5,18-19H2,1-4H3,(H,30,34)/t24-/m1/s1. The van der Waals surface area contributed by atoms with Gasteiger partial charge in [-0.25, -0.2) is 8.42 Å². The van der Waals surface area contributed by atoms with Crippen LogP contribution in [0.3, 0.4) is 0 Å². The number of hydrogen-bond acceptors (Lipinski definition) is 6. The van der Waals surface area contributed by atoms with Gasteiger partial charge in [0.05, 0.1) is 24.8 Å². The molecule has 9 nitrogen and oxygen atoms in total. The highest BCUT2D eigenvalue weighted by molar-refractivity contribution is 7.92. The maximum atomic E-state index is 13.9. The molecule has 208 valence electrons. The van der Waals surface area contributed by atoms with Crippen LogP contribution < -0.4 is 19.1 Å². The molecule has 1 N–H and O–H groups in total. The van der Waals surface area contributed by atoms with Crippen LogP contribution in [0.2, 0.25) is 5.02 Å². The Morgan fingerprint density at radius 2 is 1.59 bits per heavy atom. The van der Waals surface area contributed by atoms with Crippen LogP contribution >= 0.6 is 11.6 Å². The molecule has 0 saturated carbocycles. The lowest BCUT2D eigenvalue weighted by Gasteiger charge is -2.33. The van der Waals surface area contributed by atoms with Gasteiger partial charge in [-0.05, 0) is 48.4 Å². The van der Waals surface area contributed by atoms with Crippen LogP contribution in [-0.4, -0.2) is 59.0 Å². The molecule has 0 fully saturated rings. The molecule has 0 spiro atoms. The Kier molecular flexibility index (Phi) is 10.2. The van der Waals surface area contributed by atoms with E-state index in [-0.39, 0.29) is 23.0 Å². The Balaban J connectivity index is 2.10. The zero-order chi connectivity index (χ0) is 28.6. The third-order valence-electron chi connectivity index (χ3n) is 6.16. The molecule has 11 heteroatoms. The van der Waals surface area contributed by atoms with E-state index in [1.807, 2.05) is 0 Å². The van der Waals surface area contributed by atoms with E-state index in [1.54, 1.807) is 55.5 Å². The summed E-state index contributed by atoms with van der Waals surface area (Å²) in [6, 6.07) is 18.5. The SMILES string of the molecule is CC[C@H](C(=O)NC)N(Cc1ccc(Cl)cc1)C(=O)CN(c1ccc(OC)c(OC)c1)S(=O)(=O)c1ccccc1. The smallest absolute Gasteiger partial charge is 0.264 e. The Labute approximate surface area is 234 Å². The molecule has 0 unspecified atom stereocenters. The molecule has 0 heterocycles. The molecule has 3 rings (SSSR count). The van der Waals surface area contributed by atoms with Crippen molar-refractivity contribution in [2.45, 2.75) is 30.8 Å². The number of sulfonamides is 1. The lowest BCUT2D eigenvalue weighted by molar-refractivity contribution is -0.140. The average molecular weight is 574 g/mol. The monoisotopic (exact) mass is 573 g/mol. The van der Waals surface area contributed by atoms with Gasteiger partial charge in [-0.3, -0.25) is 13.9 Å². The van der Waals surface area contributed by atoms with E-state index in [2.05, 4.69) is 5.32 Å². The topological polar surface area (TPSA) is 105 Å². The van der Waals surface area contributed by atoms with Crippen LogP contribution in [0.15, 0.2) is 77.7 Å².